The quantitative estimate of drug-likeness (QED) is 0.437. The van der Waals surface area contributed by atoms with Crippen molar-refractivity contribution >= 4 is 34.7 Å². The van der Waals surface area contributed by atoms with Gasteiger partial charge in [-0.25, -0.2) is 0 Å². The third kappa shape index (κ3) is 205. The first-order chi connectivity index (χ1) is 2.27. The van der Waals surface area contributed by atoms with Crippen LogP contribution in [0.15, 0.2) is 0 Å². The summed E-state index contributed by atoms with van der Waals surface area (Å²) in [6.45, 7) is 1.39. The van der Waals surface area contributed by atoms with Crippen molar-refractivity contribution in [3.63, 3.8) is 0 Å². The Kier molecular flexibility index (Phi) is 785. The first-order valence-corrected chi connectivity index (χ1v) is 1.56. The van der Waals surface area contributed by atoms with E-state index in [0.29, 0.717) is 0 Å². The molecule has 0 spiro atoms. The SMILES string of the molecule is CC(O)CO.O.[Al+3].[Al+3].[Cl-].[OH-].[OH-].[OH-].[OH-].[OH-]. The van der Waals surface area contributed by atoms with Crippen molar-refractivity contribution in [3.05, 3.63) is 0 Å². The summed E-state index contributed by atoms with van der Waals surface area (Å²) < 4.78 is 0. The number of hydrogen-bond donors (Lipinski definition) is 2. The molecule has 0 rings (SSSR count). The molecule has 1 unspecified atom stereocenters. The van der Waals surface area contributed by atoms with Gasteiger partial charge in [0.2, 0.25) is 0 Å². The van der Waals surface area contributed by atoms with Crippen LogP contribution in [0.2, 0.25) is 0 Å². The second-order valence-corrected chi connectivity index (χ2v) is 1.03. The van der Waals surface area contributed by atoms with Crippen LogP contribution in [0.25, 0.3) is 0 Å². The molecule has 0 saturated carbocycles. The van der Waals surface area contributed by atoms with E-state index in [-0.39, 0.29) is 86.6 Å². The van der Waals surface area contributed by atoms with Gasteiger partial charge in [-0.2, -0.15) is 0 Å². The summed E-state index contributed by atoms with van der Waals surface area (Å²) in [6, 6.07) is 0. The van der Waals surface area contributed by atoms with Gasteiger partial charge in [-0.15, -0.1) is 0 Å². The molecule has 0 aliphatic carbocycles. The molecule has 0 fully saturated rings. The van der Waals surface area contributed by atoms with Gasteiger partial charge in [0.1, 0.15) is 0 Å². The Morgan fingerprint density at radius 2 is 1.00 bits per heavy atom. The molecule has 0 aromatic carbocycles. The van der Waals surface area contributed by atoms with E-state index < -0.39 is 6.10 Å². The van der Waals surface area contributed by atoms with Crippen molar-refractivity contribution < 1.29 is 55.5 Å². The maximum absolute atomic E-state index is 8.11. The van der Waals surface area contributed by atoms with Crippen LogP contribution in [0.4, 0.5) is 0 Å². The predicted molar refractivity (Wildman–Crippen MR) is 43.6 cm³/mol. The van der Waals surface area contributed by atoms with E-state index in [2.05, 4.69) is 0 Å². The van der Waals surface area contributed by atoms with Gasteiger partial charge in [-0.05, 0) is 6.92 Å². The van der Waals surface area contributed by atoms with Gasteiger partial charge in [0.15, 0.2) is 0 Å². The Morgan fingerprint density at radius 3 is 1.00 bits per heavy atom. The van der Waals surface area contributed by atoms with Gasteiger partial charge in [0.05, 0.1) is 12.7 Å². The van der Waals surface area contributed by atoms with E-state index in [1.54, 1.807) is 0 Å². The van der Waals surface area contributed by atoms with Crippen LogP contribution >= 0.6 is 0 Å². The third-order valence-corrected chi connectivity index (χ3v) is 0.264. The Morgan fingerprint density at radius 1 is 0.929 bits per heavy atom. The summed E-state index contributed by atoms with van der Waals surface area (Å²) in [7, 11) is 0. The smallest absolute Gasteiger partial charge is 1.00 e. The minimum Gasteiger partial charge on any atom is -1.00 e. The minimum absolute atomic E-state index is 0. The number of aliphatic hydroxyl groups is 2. The number of rotatable bonds is 1. The summed E-state index contributed by atoms with van der Waals surface area (Å²) in [4.78, 5) is 0. The van der Waals surface area contributed by atoms with Crippen LogP contribution in [-0.2, 0) is 0 Å². The molecule has 0 aromatic heterocycles. The van der Waals surface area contributed by atoms with Gasteiger partial charge in [-0.3, -0.25) is 0 Å². The minimum atomic E-state index is -0.560. The van der Waals surface area contributed by atoms with Crippen LogP contribution in [0.1, 0.15) is 6.92 Å². The fraction of sp³-hybridized carbons (Fsp3) is 1.00. The molecule has 0 amide bonds. The first kappa shape index (κ1) is 117. The zero-order valence-electron chi connectivity index (χ0n) is 7.45. The van der Waals surface area contributed by atoms with E-state index in [1.165, 1.54) is 6.92 Å². The maximum atomic E-state index is 8.11. The van der Waals surface area contributed by atoms with Crippen molar-refractivity contribution in [1.82, 2.24) is 0 Å². The second kappa shape index (κ2) is 94.1. The van der Waals surface area contributed by atoms with Crippen molar-refractivity contribution in [2.45, 2.75) is 13.0 Å². The standard InChI is InChI=1S/C3H8O2.2Al.ClH.6H2O/c1-3(5)2-4;;;;;;;;;/h3-5H,2H2,1H3;;;1H;6*1H2/q;2*+3;;;;;;;/p-6. The maximum Gasteiger partial charge on any atom is 3.00 e. The largest absolute Gasteiger partial charge is 3.00 e. The molecule has 8 nitrogen and oxygen atoms in total. The Hall–Kier alpha value is 1.03. The van der Waals surface area contributed by atoms with E-state index >= 15 is 0 Å². The normalized spacial score (nSPS) is 5.36. The molecule has 0 aromatic rings. The average Bonchev–Trinajstić information content (AvgIpc) is 1.38. The molecule has 0 aliphatic rings. The van der Waals surface area contributed by atoms with Gasteiger partial charge in [0, 0.05) is 0 Å². The summed E-state index contributed by atoms with van der Waals surface area (Å²) in [5, 5.41) is 16.0. The third-order valence-electron chi connectivity index (χ3n) is 0.264. The number of hydrogen-bond acceptors (Lipinski definition) is 7. The summed E-state index contributed by atoms with van der Waals surface area (Å²) >= 11 is 0. The van der Waals surface area contributed by atoms with Gasteiger partial charge >= 0.3 is 34.7 Å². The summed E-state index contributed by atoms with van der Waals surface area (Å²) in [5.41, 5.74) is 0. The van der Waals surface area contributed by atoms with Gasteiger partial charge in [-0.1, -0.05) is 0 Å². The van der Waals surface area contributed by atoms with E-state index in [0.717, 1.165) is 0 Å². The molecule has 11 heteroatoms. The monoisotopic (exact) mass is 268 g/mol. The van der Waals surface area contributed by atoms with Crippen molar-refractivity contribution in [2.24, 2.45) is 0 Å². The summed E-state index contributed by atoms with van der Waals surface area (Å²) in [5.74, 6) is 0. The Labute approximate surface area is 110 Å². The Bertz CT molecular complexity index is 36.5. The van der Waals surface area contributed by atoms with Crippen molar-refractivity contribution in [3.8, 4) is 0 Å². The number of halogens is 1. The summed E-state index contributed by atoms with van der Waals surface area (Å²) in [6.07, 6.45) is -0.560. The zero-order chi connectivity index (χ0) is 4.28. The van der Waals surface area contributed by atoms with Crippen LogP contribution in [0.5, 0.6) is 0 Å². The molecule has 14 heavy (non-hydrogen) atoms. The van der Waals surface area contributed by atoms with Crippen molar-refractivity contribution in [2.75, 3.05) is 6.61 Å². The van der Waals surface area contributed by atoms with Crippen LogP contribution in [0.3, 0.4) is 0 Å². The fourth-order valence-electron chi connectivity index (χ4n) is 0. The molecular formula is C3H15Al2ClO8. The van der Waals surface area contributed by atoms with Gasteiger partial charge in [0.25, 0.3) is 0 Å². The van der Waals surface area contributed by atoms with Crippen molar-refractivity contribution in [1.29, 1.82) is 0 Å². The zero-order valence-corrected chi connectivity index (χ0v) is 10.5. The van der Waals surface area contributed by atoms with Crippen LogP contribution in [-0.4, -0.2) is 90.5 Å². The topological polar surface area (TPSA) is 222 Å². The van der Waals surface area contributed by atoms with Crippen LogP contribution < -0.4 is 12.4 Å². The van der Waals surface area contributed by atoms with Crippen LogP contribution in [0, 0.1) is 0 Å². The predicted octanol–water partition coefficient (Wildman–Crippen LogP) is -6.11. The molecule has 0 radical (unpaired) electrons. The fourth-order valence-corrected chi connectivity index (χ4v) is 0. The molecule has 1 atom stereocenters. The van der Waals surface area contributed by atoms with E-state index in [9.17, 15) is 0 Å². The van der Waals surface area contributed by atoms with Gasteiger partial charge < -0.3 is 55.5 Å². The molecule has 9 N–H and O–H groups in total. The molecular weight excluding hydrogens is 253 g/mol. The average molecular weight is 269 g/mol. The molecule has 0 bridgehead atoms. The molecule has 0 saturated heterocycles. The number of aliphatic hydroxyl groups excluding tert-OH is 2. The first-order valence-electron chi connectivity index (χ1n) is 1.56. The van der Waals surface area contributed by atoms with E-state index in [1.807, 2.05) is 0 Å². The molecule has 0 aliphatic heterocycles. The Balaban J connectivity index is -0.00000000222. The molecule has 88 valence electrons. The molecule has 0 heterocycles. The van der Waals surface area contributed by atoms with E-state index in [4.69, 9.17) is 10.2 Å². The second-order valence-electron chi connectivity index (χ2n) is 1.03.